The van der Waals surface area contributed by atoms with Gasteiger partial charge in [0, 0.05) is 12.1 Å². The van der Waals surface area contributed by atoms with E-state index in [4.69, 9.17) is 0 Å². The molecular weight excluding hydrogens is 258 g/mol. The molecule has 0 bridgehead atoms. The second-order valence-electron chi connectivity index (χ2n) is 4.93. The lowest BCUT2D eigenvalue weighted by Crippen LogP contribution is -2.46. The van der Waals surface area contributed by atoms with E-state index in [-0.39, 0.29) is 18.2 Å². The maximum Gasteiger partial charge on any atom is 0.316 e. The summed E-state index contributed by atoms with van der Waals surface area (Å²) >= 11 is 0. The number of carbonyl (C=O) groups is 3. The molecule has 106 valence electrons. The molecule has 5 nitrogen and oxygen atoms in total. The Balaban J connectivity index is 2.08. The van der Waals surface area contributed by atoms with E-state index in [1.807, 2.05) is 19.1 Å². The zero-order valence-corrected chi connectivity index (χ0v) is 11.6. The predicted octanol–water partition coefficient (Wildman–Crippen LogP) is 1.20. The Bertz CT molecular complexity index is 553. The van der Waals surface area contributed by atoms with E-state index >= 15 is 0 Å². The van der Waals surface area contributed by atoms with E-state index in [9.17, 15) is 14.4 Å². The Labute approximate surface area is 117 Å². The molecular formula is C15H17NO4. The summed E-state index contributed by atoms with van der Waals surface area (Å²) in [5.41, 5.74) is 1.56. The van der Waals surface area contributed by atoms with Crippen molar-refractivity contribution in [3.05, 3.63) is 35.4 Å². The molecule has 1 atom stereocenters. The van der Waals surface area contributed by atoms with Crippen LogP contribution in [0.5, 0.6) is 0 Å². The molecule has 1 unspecified atom stereocenters. The summed E-state index contributed by atoms with van der Waals surface area (Å²) in [7, 11) is 1.26. The first-order valence-electron chi connectivity index (χ1n) is 6.49. The first kappa shape index (κ1) is 14.2. The van der Waals surface area contributed by atoms with Gasteiger partial charge in [0.05, 0.1) is 13.7 Å². The largest absolute Gasteiger partial charge is 0.468 e. The van der Waals surface area contributed by atoms with Crippen molar-refractivity contribution in [1.29, 1.82) is 0 Å². The van der Waals surface area contributed by atoms with Crippen molar-refractivity contribution >= 4 is 17.7 Å². The van der Waals surface area contributed by atoms with E-state index in [0.29, 0.717) is 18.5 Å². The molecule has 1 aromatic rings. The van der Waals surface area contributed by atoms with Crippen LogP contribution in [0.2, 0.25) is 0 Å². The van der Waals surface area contributed by atoms with Crippen molar-refractivity contribution in [2.75, 3.05) is 20.2 Å². The van der Waals surface area contributed by atoms with Crippen molar-refractivity contribution in [1.82, 2.24) is 4.90 Å². The van der Waals surface area contributed by atoms with Crippen LogP contribution >= 0.6 is 0 Å². The number of amides is 1. The van der Waals surface area contributed by atoms with Gasteiger partial charge in [0.15, 0.2) is 5.78 Å². The Morgan fingerprint density at radius 3 is 2.70 bits per heavy atom. The molecule has 0 aliphatic carbocycles. The number of likely N-dealkylation sites (tertiary alicyclic amines) is 1. The van der Waals surface area contributed by atoms with E-state index in [1.165, 1.54) is 12.0 Å². The maximum absolute atomic E-state index is 12.3. The van der Waals surface area contributed by atoms with Crippen molar-refractivity contribution in [3.63, 3.8) is 0 Å². The molecule has 0 aromatic heterocycles. The van der Waals surface area contributed by atoms with Gasteiger partial charge in [0.1, 0.15) is 5.92 Å². The molecule has 20 heavy (non-hydrogen) atoms. The molecule has 5 heteroatoms. The SMILES string of the molecule is COC(=O)C1CCN(C(=O)c2cccc(C)c2)CC1=O. The van der Waals surface area contributed by atoms with Gasteiger partial charge in [-0.25, -0.2) is 0 Å². The summed E-state index contributed by atoms with van der Waals surface area (Å²) in [6.45, 7) is 2.26. The topological polar surface area (TPSA) is 63.7 Å². The van der Waals surface area contributed by atoms with Gasteiger partial charge in [-0.05, 0) is 25.5 Å². The quantitative estimate of drug-likeness (QED) is 0.601. The molecule has 1 heterocycles. The fraction of sp³-hybridized carbons (Fsp3) is 0.400. The number of carbonyl (C=O) groups excluding carboxylic acids is 3. The van der Waals surface area contributed by atoms with Crippen molar-refractivity contribution < 1.29 is 19.1 Å². The standard InChI is InChI=1S/C15H17NO4/c1-10-4-3-5-11(8-10)14(18)16-7-6-12(13(17)9-16)15(19)20-2/h3-5,8,12H,6-7,9H2,1-2H3. The van der Waals surface area contributed by atoms with Crippen LogP contribution in [-0.2, 0) is 14.3 Å². The van der Waals surface area contributed by atoms with Gasteiger partial charge in [-0.2, -0.15) is 0 Å². The van der Waals surface area contributed by atoms with E-state index in [1.54, 1.807) is 12.1 Å². The Hall–Kier alpha value is -2.17. The molecule has 1 amide bonds. The molecule has 0 N–H and O–H groups in total. The van der Waals surface area contributed by atoms with Gasteiger partial charge in [-0.1, -0.05) is 17.7 Å². The molecule has 1 saturated heterocycles. The molecule has 1 aliphatic heterocycles. The van der Waals surface area contributed by atoms with Crippen LogP contribution < -0.4 is 0 Å². The zero-order valence-electron chi connectivity index (χ0n) is 11.6. The number of aryl methyl sites for hydroxylation is 1. The van der Waals surface area contributed by atoms with Gasteiger partial charge in [-0.3, -0.25) is 14.4 Å². The number of ether oxygens (including phenoxy) is 1. The first-order valence-corrected chi connectivity index (χ1v) is 6.49. The van der Waals surface area contributed by atoms with Crippen LogP contribution in [0.1, 0.15) is 22.3 Å². The Morgan fingerprint density at radius 2 is 2.10 bits per heavy atom. The number of hydrogen-bond acceptors (Lipinski definition) is 4. The second-order valence-corrected chi connectivity index (χ2v) is 4.93. The van der Waals surface area contributed by atoms with Crippen molar-refractivity contribution in [2.24, 2.45) is 5.92 Å². The van der Waals surface area contributed by atoms with Crippen LogP contribution in [0.3, 0.4) is 0 Å². The lowest BCUT2D eigenvalue weighted by Gasteiger charge is -2.29. The van der Waals surface area contributed by atoms with Crippen LogP contribution in [-0.4, -0.2) is 42.8 Å². The lowest BCUT2D eigenvalue weighted by molar-refractivity contribution is -0.151. The number of piperidine rings is 1. The Kier molecular flexibility index (Phi) is 4.17. The van der Waals surface area contributed by atoms with Gasteiger partial charge >= 0.3 is 5.97 Å². The van der Waals surface area contributed by atoms with Crippen LogP contribution in [0, 0.1) is 12.8 Å². The summed E-state index contributed by atoms with van der Waals surface area (Å²) in [5, 5.41) is 0. The van der Waals surface area contributed by atoms with Gasteiger partial charge in [0.25, 0.3) is 5.91 Å². The van der Waals surface area contributed by atoms with Crippen molar-refractivity contribution in [2.45, 2.75) is 13.3 Å². The minimum atomic E-state index is -0.735. The summed E-state index contributed by atoms with van der Waals surface area (Å²) in [5.74, 6) is -1.69. The highest BCUT2D eigenvalue weighted by atomic mass is 16.5. The molecule has 1 aromatic carbocycles. The normalized spacial score (nSPS) is 18.8. The highest BCUT2D eigenvalue weighted by Gasteiger charge is 2.35. The van der Waals surface area contributed by atoms with Crippen LogP contribution in [0.25, 0.3) is 0 Å². The summed E-state index contributed by atoms with van der Waals surface area (Å²) in [4.78, 5) is 37.1. The monoisotopic (exact) mass is 275 g/mol. The maximum atomic E-state index is 12.3. The number of rotatable bonds is 2. The third-order valence-electron chi connectivity index (χ3n) is 3.46. The van der Waals surface area contributed by atoms with Crippen LogP contribution in [0.4, 0.5) is 0 Å². The first-order chi connectivity index (χ1) is 9.52. The average Bonchev–Trinajstić information content (AvgIpc) is 2.45. The van der Waals surface area contributed by atoms with Gasteiger partial charge < -0.3 is 9.64 Å². The minimum Gasteiger partial charge on any atom is -0.468 e. The summed E-state index contributed by atoms with van der Waals surface area (Å²) < 4.78 is 4.59. The van der Waals surface area contributed by atoms with E-state index < -0.39 is 11.9 Å². The fourth-order valence-electron chi connectivity index (χ4n) is 2.35. The number of nitrogens with zero attached hydrogens (tertiary/aromatic N) is 1. The molecule has 0 spiro atoms. The van der Waals surface area contributed by atoms with E-state index in [0.717, 1.165) is 5.56 Å². The molecule has 1 fully saturated rings. The average molecular weight is 275 g/mol. The third kappa shape index (κ3) is 2.87. The minimum absolute atomic E-state index is 0.0352. The van der Waals surface area contributed by atoms with Crippen LogP contribution in [0.15, 0.2) is 24.3 Å². The Morgan fingerprint density at radius 1 is 1.35 bits per heavy atom. The highest BCUT2D eigenvalue weighted by Crippen LogP contribution is 2.18. The molecule has 0 saturated carbocycles. The molecule has 2 rings (SSSR count). The molecule has 1 aliphatic rings. The van der Waals surface area contributed by atoms with Gasteiger partial charge in [0.2, 0.25) is 0 Å². The number of ketones is 1. The van der Waals surface area contributed by atoms with Gasteiger partial charge in [-0.15, -0.1) is 0 Å². The van der Waals surface area contributed by atoms with Crippen molar-refractivity contribution in [3.8, 4) is 0 Å². The summed E-state index contributed by atoms with van der Waals surface area (Å²) in [6.07, 6.45) is 0.322. The lowest BCUT2D eigenvalue weighted by atomic mass is 9.95. The molecule has 0 radical (unpaired) electrons. The van der Waals surface area contributed by atoms with E-state index in [2.05, 4.69) is 4.74 Å². The second kappa shape index (κ2) is 5.86. The number of hydrogen-bond donors (Lipinski definition) is 0. The zero-order chi connectivity index (χ0) is 14.7. The number of methoxy groups -OCH3 is 1. The summed E-state index contributed by atoms with van der Waals surface area (Å²) in [6, 6.07) is 7.24. The highest BCUT2D eigenvalue weighted by molar-refractivity contribution is 6.04. The predicted molar refractivity (Wildman–Crippen MR) is 72.2 cm³/mol. The third-order valence-corrected chi connectivity index (χ3v) is 3.46. The smallest absolute Gasteiger partial charge is 0.316 e. The fourth-order valence-corrected chi connectivity index (χ4v) is 2.35. The number of benzene rings is 1. The number of Topliss-reactive ketones (excluding diaryl/α,β-unsaturated/α-hetero) is 1. The number of esters is 1.